The summed E-state index contributed by atoms with van der Waals surface area (Å²) in [4.78, 5) is 39.2. The Labute approximate surface area is 97.5 Å². The van der Waals surface area contributed by atoms with Crippen LogP contribution in [0.5, 0.6) is 0 Å². The average molecular weight is 259 g/mol. The van der Waals surface area contributed by atoms with Gasteiger partial charge in [-0.3, -0.25) is 30.3 Å². The molecule has 1 atom stereocenters. The van der Waals surface area contributed by atoms with Gasteiger partial charge in [0.2, 0.25) is 0 Å². The summed E-state index contributed by atoms with van der Waals surface area (Å²) in [6.45, 7) is 0. The molecule has 0 radical (unpaired) electrons. The molecule has 0 heterocycles. The normalized spacial score (nSPS) is 22.7. The third-order valence-electron chi connectivity index (χ3n) is 2.29. The number of carbonyl (C=O) groups is 1. The van der Waals surface area contributed by atoms with Crippen LogP contribution in [0.1, 0.15) is 6.42 Å². The van der Waals surface area contributed by atoms with Crippen molar-refractivity contribution in [2.45, 2.75) is 12.0 Å². The minimum Gasteiger partial charge on any atom is -0.476 e. The van der Waals surface area contributed by atoms with Gasteiger partial charge in [-0.1, -0.05) is 0 Å². The van der Waals surface area contributed by atoms with E-state index in [9.17, 15) is 35.1 Å². The summed E-state index contributed by atoms with van der Waals surface area (Å²) in [5.74, 6) is -2.00. The number of hydrogen-bond acceptors (Lipinski definition) is 7. The first-order valence-electron chi connectivity index (χ1n) is 4.31. The van der Waals surface area contributed by atoms with Crippen molar-refractivity contribution in [3.8, 4) is 0 Å². The van der Waals surface area contributed by atoms with Gasteiger partial charge in [-0.2, -0.15) is 0 Å². The molecule has 18 heavy (non-hydrogen) atoms. The van der Waals surface area contributed by atoms with Crippen molar-refractivity contribution in [2.75, 3.05) is 0 Å². The number of carboxylic acid groups (broad SMARTS) is 1. The van der Waals surface area contributed by atoms with E-state index in [0.717, 1.165) is 0 Å². The van der Waals surface area contributed by atoms with Crippen molar-refractivity contribution >= 4 is 5.97 Å². The second-order valence-electron chi connectivity index (χ2n) is 3.38. The molecule has 11 heteroatoms. The van der Waals surface area contributed by atoms with E-state index in [1.165, 1.54) is 0 Å². The van der Waals surface area contributed by atoms with Crippen molar-refractivity contribution in [3.63, 3.8) is 0 Å². The molecule has 0 aliphatic heterocycles. The number of nitro groups is 3. The van der Waals surface area contributed by atoms with Crippen LogP contribution in [0.25, 0.3) is 0 Å². The van der Waals surface area contributed by atoms with Gasteiger partial charge in [0.1, 0.15) is 6.42 Å². The molecular formula is C7H5N3O8. The number of aliphatic carboxylic acids is 1. The SMILES string of the molecule is O=C(O)C1([N+](=O)[O-])C=C([N+](=O)[O-])C=C([N+](=O)[O-])C1. The molecule has 1 rings (SSSR count). The van der Waals surface area contributed by atoms with E-state index in [1.807, 2.05) is 0 Å². The second kappa shape index (κ2) is 4.20. The van der Waals surface area contributed by atoms with E-state index in [0.29, 0.717) is 12.2 Å². The molecule has 1 unspecified atom stereocenters. The molecule has 0 aromatic carbocycles. The molecule has 0 saturated heterocycles. The molecule has 0 spiro atoms. The van der Waals surface area contributed by atoms with Crippen LogP contribution in [-0.4, -0.2) is 31.4 Å². The van der Waals surface area contributed by atoms with Gasteiger partial charge in [-0.15, -0.1) is 0 Å². The highest BCUT2D eigenvalue weighted by Gasteiger charge is 2.56. The molecule has 0 aromatic heterocycles. The quantitative estimate of drug-likeness (QED) is 0.535. The van der Waals surface area contributed by atoms with Crippen LogP contribution in [0, 0.1) is 30.3 Å². The monoisotopic (exact) mass is 259 g/mol. The second-order valence-corrected chi connectivity index (χ2v) is 3.38. The summed E-state index contributed by atoms with van der Waals surface area (Å²) in [6.07, 6.45) is -0.257. The number of nitrogens with zero attached hydrogens (tertiary/aromatic N) is 3. The fourth-order valence-electron chi connectivity index (χ4n) is 1.39. The lowest BCUT2D eigenvalue weighted by Crippen LogP contribution is -2.47. The molecule has 1 aliphatic rings. The van der Waals surface area contributed by atoms with Crippen molar-refractivity contribution in [3.05, 3.63) is 53.9 Å². The Morgan fingerprint density at radius 3 is 2.11 bits per heavy atom. The van der Waals surface area contributed by atoms with Crippen molar-refractivity contribution in [2.24, 2.45) is 0 Å². The fraction of sp³-hybridized carbons (Fsp3) is 0.286. The van der Waals surface area contributed by atoms with Crippen molar-refractivity contribution in [1.82, 2.24) is 0 Å². The molecule has 11 nitrogen and oxygen atoms in total. The highest BCUT2D eigenvalue weighted by molar-refractivity contribution is 5.80. The van der Waals surface area contributed by atoms with E-state index in [2.05, 4.69) is 0 Å². The molecule has 1 N–H and O–H groups in total. The van der Waals surface area contributed by atoms with Crippen molar-refractivity contribution < 1.29 is 24.7 Å². The van der Waals surface area contributed by atoms with Gasteiger partial charge in [-0.25, -0.2) is 4.79 Å². The maximum atomic E-state index is 10.9. The van der Waals surface area contributed by atoms with Gasteiger partial charge in [0, 0.05) is 4.92 Å². The smallest absolute Gasteiger partial charge is 0.387 e. The van der Waals surface area contributed by atoms with Crippen molar-refractivity contribution in [1.29, 1.82) is 0 Å². The first-order valence-corrected chi connectivity index (χ1v) is 4.31. The third-order valence-corrected chi connectivity index (χ3v) is 2.29. The van der Waals surface area contributed by atoms with Crippen LogP contribution in [0.3, 0.4) is 0 Å². The standard InChI is InChI=1S/C7H5N3O8/c11-6(12)7(10(17)18)2-4(8(13)14)1-5(3-7)9(15)16/h1-2H,3H2,(H,11,12). The summed E-state index contributed by atoms with van der Waals surface area (Å²) in [6, 6.07) is 0. The van der Waals surface area contributed by atoms with E-state index < -0.39 is 44.1 Å². The van der Waals surface area contributed by atoms with Gasteiger partial charge < -0.3 is 5.11 Å². The Balaban J connectivity index is 3.46. The first-order chi connectivity index (χ1) is 8.20. The topological polar surface area (TPSA) is 167 Å². The molecule has 96 valence electrons. The van der Waals surface area contributed by atoms with Crippen LogP contribution >= 0.6 is 0 Å². The summed E-state index contributed by atoms with van der Waals surface area (Å²) < 4.78 is 0. The predicted octanol–water partition coefficient (Wildman–Crippen LogP) is -0.189. The number of carboxylic acids is 1. The molecule has 0 saturated carbocycles. The molecular weight excluding hydrogens is 254 g/mol. The lowest BCUT2D eigenvalue weighted by Gasteiger charge is -2.17. The highest BCUT2D eigenvalue weighted by Crippen LogP contribution is 2.30. The summed E-state index contributed by atoms with van der Waals surface area (Å²) in [7, 11) is 0. The van der Waals surface area contributed by atoms with E-state index in [-0.39, 0.29) is 0 Å². The Morgan fingerprint density at radius 1 is 1.22 bits per heavy atom. The summed E-state index contributed by atoms with van der Waals surface area (Å²) in [5.41, 5.74) is -4.78. The Morgan fingerprint density at radius 2 is 1.78 bits per heavy atom. The Bertz CT molecular complexity index is 505. The average Bonchev–Trinajstić information content (AvgIpc) is 2.27. The number of allylic oxidation sites excluding steroid dienone is 1. The lowest BCUT2D eigenvalue weighted by atomic mass is 9.89. The van der Waals surface area contributed by atoms with Crippen LogP contribution in [0.15, 0.2) is 23.5 Å². The summed E-state index contributed by atoms with van der Waals surface area (Å²) >= 11 is 0. The van der Waals surface area contributed by atoms with Crippen LogP contribution in [-0.2, 0) is 4.79 Å². The minimum absolute atomic E-state index is 0.294. The Hall–Kier alpha value is -2.85. The number of rotatable bonds is 4. The summed E-state index contributed by atoms with van der Waals surface area (Å²) in [5, 5.41) is 40.6. The largest absolute Gasteiger partial charge is 0.476 e. The fourth-order valence-corrected chi connectivity index (χ4v) is 1.39. The number of hydrogen-bond donors (Lipinski definition) is 1. The molecule has 0 aromatic rings. The highest BCUT2D eigenvalue weighted by atomic mass is 16.6. The van der Waals surface area contributed by atoms with Gasteiger partial charge in [-0.05, 0) is 0 Å². The van der Waals surface area contributed by atoms with E-state index in [1.54, 1.807) is 0 Å². The molecule has 0 bridgehead atoms. The van der Waals surface area contributed by atoms with E-state index in [4.69, 9.17) is 5.11 Å². The van der Waals surface area contributed by atoms with Gasteiger partial charge >= 0.3 is 11.5 Å². The molecule has 0 amide bonds. The third kappa shape index (κ3) is 2.00. The van der Waals surface area contributed by atoms with Crippen LogP contribution in [0.2, 0.25) is 0 Å². The first kappa shape index (κ1) is 13.2. The lowest BCUT2D eigenvalue weighted by molar-refractivity contribution is -0.550. The van der Waals surface area contributed by atoms with Crippen LogP contribution in [0.4, 0.5) is 0 Å². The molecule has 0 fully saturated rings. The maximum Gasteiger partial charge on any atom is 0.387 e. The molecule has 1 aliphatic carbocycles. The predicted molar refractivity (Wildman–Crippen MR) is 52.1 cm³/mol. The zero-order chi connectivity index (χ0) is 14.1. The van der Waals surface area contributed by atoms with Crippen LogP contribution < -0.4 is 0 Å². The van der Waals surface area contributed by atoms with E-state index >= 15 is 0 Å². The zero-order valence-electron chi connectivity index (χ0n) is 8.51. The van der Waals surface area contributed by atoms with Gasteiger partial charge in [0.25, 0.3) is 11.4 Å². The van der Waals surface area contributed by atoms with Gasteiger partial charge in [0.05, 0.1) is 22.0 Å². The van der Waals surface area contributed by atoms with Gasteiger partial charge in [0.15, 0.2) is 0 Å². The Kier molecular flexibility index (Phi) is 3.08. The minimum atomic E-state index is -2.89. The maximum absolute atomic E-state index is 10.9. The zero-order valence-corrected chi connectivity index (χ0v) is 8.51.